The molecule has 1 heterocycles. The molecule has 2 aromatic carbocycles. The molecule has 0 amide bonds. The van der Waals surface area contributed by atoms with E-state index < -0.39 is 5.43 Å². The highest BCUT2D eigenvalue weighted by Crippen LogP contribution is 2.52. The lowest BCUT2D eigenvalue weighted by molar-refractivity contribution is 0.245. The fraction of sp³-hybridized carbons (Fsp3) is 0.483. The van der Waals surface area contributed by atoms with E-state index in [1.807, 2.05) is 41.5 Å². The van der Waals surface area contributed by atoms with Gasteiger partial charge >= 0.3 is 0 Å². The highest BCUT2D eigenvalue weighted by molar-refractivity contribution is 5.97. The summed E-state index contributed by atoms with van der Waals surface area (Å²) in [4.78, 5) is 14.1. The van der Waals surface area contributed by atoms with Gasteiger partial charge in [-0.3, -0.25) is 4.79 Å². The second kappa shape index (κ2) is 13.7. The molecular formula is C29H38O9. The number of fused-ring (bicyclic) bond motifs is 1. The van der Waals surface area contributed by atoms with Gasteiger partial charge < -0.3 is 37.6 Å². The van der Waals surface area contributed by atoms with E-state index in [9.17, 15) is 4.79 Å². The van der Waals surface area contributed by atoms with Gasteiger partial charge in [0.15, 0.2) is 28.6 Å². The molecule has 0 radical (unpaired) electrons. The Morgan fingerprint density at radius 2 is 1.03 bits per heavy atom. The van der Waals surface area contributed by atoms with Crippen LogP contribution < -0.4 is 38.6 Å². The predicted octanol–water partition coefficient (Wildman–Crippen LogP) is 6.25. The van der Waals surface area contributed by atoms with E-state index in [-0.39, 0.29) is 52.9 Å². The molecule has 38 heavy (non-hydrogen) atoms. The van der Waals surface area contributed by atoms with Crippen LogP contribution in [0.1, 0.15) is 48.5 Å². The van der Waals surface area contributed by atoms with Crippen molar-refractivity contribution in [2.24, 2.45) is 0 Å². The van der Waals surface area contributed by atoms with Crippen molar-refractivity contribution in [1.29, 1.82) is 0 Å². The third kappa shape index (κ3) is 5.71. The molecule has 0 N–H and O–H groups in total. The molecule has 0 unspecified atom stereocenters. The predicted molar refractivity (Wildman–Crippen MR) is 146 cm³/mol. The van der Waals surface area contributed by atoms with Crippen LogP contribution in [0.2, 0.25) is 0 Å². The summed E-state index contributed by atoms with van der Waals surface area (Å²) in [6.45, 7) is 15.4. The molecule has 0 aliphatic heterocycles. The van der Waals surface area contributed by atoms with Crippen LogP contribution in [0.15, 0.2) is 27.4 Å². The van der Waals surface area contributed by atoms with Gasteiger partial charge in [-0.15, -0.1) is 0 Å². The summed E-state index contributed by atoms with van der Waals surface area (Å²) in [5.74, 6) is 2.46. The van der Waals surface area contributed by atoms with Gasteiger partial charge in [0.1, 0.15) is 5.39 Å². The van der Waals surface area contributed by atoms with Crippen LogP contribution >= 0.6 is 0 Å². The molecule has 0 saturated carbocycles. The molecule has 1 aromatic heterocycles. The Bertz CT molecular complexity index is 1280. The number of hydrogen-bond donors (Lipinski definition) is 0. The van der Waals surface area contributed by atoms with Crippen molar-refractivity contribution in [3.63, 3.8) is 0 Å². The minimum Gasteiger partial charge on any atom is -0.490 e. The van der Waals surface area contributed by atoms with E-state index in [2.05, 4.69) is 0 Å². The van der Waals surface area contributed by atoms with E-state index in [4.69, 9.17) is 37.6 Å². The van der Waals surface area contributed by atoms with Crippen LogP contribution in [-0.4, -0.2) is 46.2 Å². The van der Waals surface area contributed by atoms with Crippen molar-refractivity contribution < 1.29 is 37.6 Å². The van der Waals surface area contributed by atoms with Crippen LogP contribution in [0.4, 0.5) is 0 Å². The lowest BCUT2D eigenvalue weighted by Gasteiger charge is -2.21. The van der Waals surface area contributed by atoms with Crippen LogP contribution in [0.3, 0.4) is 0 Å². The fourth-order valence-electron chi connectivity index (χ4n) is 4.07. The molecule has 0 aliphatic rings. The maximum Gasteiger partial charge on any atom is 0.239 e. The van der Waals surface area contributed by atoms with Gasteiger partial charge in [-0.2, -0.15) is 0 Å². The Kier molecular flexibility index (Phi) is 10.4. The molecule has 0 aliphatic carbocycles. The average molecular weight is 531 g/mol. The molecule has 0 bridgehead atoms. The van der Waals surface area contributed by atoms with Crippen molar-refractivity contribution in [2.45, 2.75) is 48.5 Å². The van der Waals surface area contributed by atoms with Crippen LogP contribution in [0.5, 0.6) is 40.2 Å². The molecule has 0 spiro atoms. The Morgan fingerprint density at radius 3 is 1.61 bits per heavy atom. The van der Waals surface area contributed by atoms with Crippen molar-refractivity contribution >= 4 is 11.0 Å². The first-order chi connectivity index (χ1) is 18.5. The third-order valence-corrected chi connectivity index (χ3v) is 5.37. The van der Waals surface area contributed by atoms with E-state index in [0.29, 0.717) is 55.8 Å². The highest BCUT2D eigenvalue weighted by Gasteiger charge is 2.31. The van der Waals surface area contributed by atoms with Crippen molar-refractivity contribution in [3.8, 4) is 51.6 Å². The summed E-state index contributed by atoms with van der Waals surface area (Å²) in [6, 6.07) is 5.34. The van der Waals surface area contributed by atoms with E-state index in [1.54, 1.807) is 25.1 Å². The quantitative estimate of drug-likeness (QED) is 0.226. The monoisotopic (exact) mass is 530 g/mol. The smallest absolute Gasteiger partial charge is 0.239 e. The minimum absolute atomic E-state index is 0.0432. The number of ether oxygens (including phenoxy) is 7. The second-order valence-corrected chi connectivity index (χ2v) is 7.80. The lowest BCUT2D eigenvalue weighted by atomic mass is 10.1. The number of benzene rings is 2. The topological polar surface area (TPSA) is 94.8 Å². The largest absolute Gasteiger partial charge is 0.490 e. The molecule has 208 valence electrons. The summed E-state index contributed by atoms with van der Waals surface area (Å²) in [7, 11) is 0. The van der Waals surface area contributed by atoms with Gasteiger partial charge in [-0.05, 0) is 66.7 Å². The summed E-state index contributed by atoms with van der Waals surface area (Å²) in [6.07, 6.45) is 0. The standard InChI is InChI=1S/C29H38O9/c1-8-31-19-16-15-18(17-20(19)32-9-2)23-26(34-11-4)22(30)21-24(33-10-3)27(35-12-5)29(37-14-7)28(36-13-6)25(21)38-23/h15-17H,8-14H2,1-7H3. The highest BCUT2D eigenvalue weighted by atomic mass is 16.6. The van der Waals surface area contributed by atoms with Gasteiger partial charge in [-0.1, -0.05) is 0 Å². The first-order valence-corrected chi connectivity index (χ1v) is 13.2. The Morgan fingerprint density at radius 1 is 0.553 bits per heavy atom. The van der Waals surface area contributed by atoms with Gasteiger partial charge in [0.2, 0.25) is 28.4 Å². The average Bonchev–Trinajstić information content (AvgIpc) is 2.90. The maximum absolute atomic E-state index is 14.1. The van der Waals surface area contributed by atoms with Gasteiger partial charge in [0.25, 0.3) is 0 Å². The molecular weight excluding hydrogens is 492 g/mol. The molecule has 9 nitrogen and oxygen atoms in total. The zero-order chi connectivity index (χ0) is 27.7. The maximum atomic E-state index is 14.1. The summed E-state index contributed by atoms with van der Waals surface area (Å²) in [5, 5.41) is 0.158. The zero-order valence-electron chi connectivity index (χ0n) is 23.4. The van der Waals surface area contributed by atoms with E-state index >= 15 is 0 Å². The third-order valence-electron chi connectivity index (χ3n) is 5.37. The van der Waals surface area contributed by atoms with Crippen molar-refractivity contribution in [1.82, 2.24) is 0 Å². The summed E-state index contributed by atoms with van der Waals surface area (Å²) >= 11 is 0. The summed E-state index contributed by atoms with van der Waals surface area (Å²) < 4.78 is 47.7. The van der Waals surface area contributed by atoms with E-state index in [1.165, 1.54) is 0 Å². The van der Waals surface area contributed by atoms with Gasteiger partial charge in [-0.25, -0.2) is 0 Å². The SMILES string of the molecule is CCOc1ccc(-c2oc3c(OCC)c(OCC)c(OCC)c(OCC)c3c(=O)c2OCC)cc1OCC. The number of hydrogen-bond acceptors (Lipinski definition) is 9. The first kappa shape index (κ1) is 28.8. The van der Waals surface area contributed by atoms with Gasteiger partial charge in [0, 0.05) is 5.56 Å². The van der Waals surface area contributed by atoms with Crippen LogP contribution in [0, 0.1) is 0 Å². The normalized spacial score (nSPS) is 10.8. The minimum atomic E-state index is -0.414. The van der Waals surface area contributed by atoms with Crippen LogP contribution in [-0.2, 0) is 0 Å². The van der Waals surface area contributed by atoms with Crippen molar-refractivity contribution in [2.75, 3.05) is 46.2 Å². The summed E-state index contributed by atoms with van der Waals surface area (Å²) in [5.41, 5.74) is 0.340. The Hall–Kier alpha value is -3.75. The second-order valence-electron chi connectivity index (χ2n) is 7.80. The lowest BCUT2D eigenvalue weighted by Crippen LogP contribution is -2.14. The Labute approximate surface area is 223 Å². The van der Waals surface area contributed by atoms with Gasteiger partial charge in [0.05, 0.1) is 46.2 Å². The molecule has 0 fully saturated rings. The molecule has 3 rings (SSSR count). The first-order valence-electron chi connectivity index (χ1n) is 13.2. The zero-order valence-corrected chi connectivity index (χ0v) is 23.4. The molecule has 0 saturated heterocycles. The fourth-order valence-corrected chi connectivity index (χ4v) is 4.07. The van der Waals surface area contributed by atoms with E-state index in [0.717, 1.165) is 0 Å². The van der Waals surface area contributed by atoms with Crippen molar-refractivity contribution in [3.05, 3.63) is 28.4 Å². The molecule has 9 heteroatoms. The van der Waals surface area contributed by atoms with Crippen LogP contribution in [0.25, 0.3) is 22.3 Å². The molecule has 3 aromatic rings. The molecule has 0 atom stereocenters. The number of rotatable bonds is 15. The Balaban J connectivity index is 2.49.